The number of hydrogen-bond acceptors (Lipinski definition) is 7. The first-order valence-corrected chi connectivity index (χ1v) is 8.77. The number of carbonyl (C=O) groups excluding carboxylic acids is 2. The number of nitro benzene ring substituents is 1. The molecule has 0 saturated carbocycles. The van der Waals surface area contributed by atoms with E-state index in [2.05, 4.69) is 5.32 Å². The zero-order valence-corrected chi connectivity index (χ0v) is 17.1. The van der Waals surface area contributed by atoms with Crippen molar-refractivity contribution >= 4 is 46.5 Å². The molecule has 11 heteroatoms. The van der Waals surface area contributed by atoms with Crippen molar-refractivity contribution in [3.8, 4) is 11.5 Å². The van der Waals surface area contributed by atoms with Crippen LogP contribution in [0.25, 0.3) is 0 Å². The molecule has 0 aliphatic carbocycles. The SMILES string of the molecule is COc1cc(C(=O)OCC(=O)Nc2c(Cl)ccc(C)c2Cl)c([N+](=O)[O-])cc1OC. The first kappa shape index (κ1) is 22.3. The van der Waals surface area contributed by atoms with Gasteiger partial charge in [0.05, 0.1) is 40.9 Å². The van der Waals surface area contributed by atoms with E-state index in [9.17, 15) is 19.7 Å². The molecule has 0 aliphatic heterocycles. The topological polar surface area (TPSA) is 117 Å². The lowest BCUT2D eigenvalue weighted by Gasteiger charge is -2.12. The highest BCUT2D eigenvalue weighted by Crippen LogP contribution is 2.35. The van der Waals surface area contributed by atoms with E-state index < -0.39 is 34.7 Å². The van der Waals surface area contributed by atoms with Crippen LogP contribution in [0.1, 0.15) is 15.9 Å². The van der Waals surface area contributed by atoms with Crippen LogP contribution >= 0.6 is 23.2 Å². The molecule has 0 saturated heterocycles. The Hall–Kier alpha value is -3.04. The van der Waals surface area contributed by atoms with Crippen LogP contribution in [0.3, 0.4) is 0 Å². The average Bonchev–Trinajstić information content (AvgIpc) is 2.70. The maximum absolute atomic E-state index is 12.3. The number of carbonyl (C=O) groups is 2. The summed E-state index contributed by atoms with van der Waals surface area (Å²) in [6.07, 6.45) is 0. The molecule has 1 amide bonds. The van der Waals surface area contributed by atoms with Crippen LogP contribution in [0.2, 0.25) is 10.0 Å². The predicted molar refractivity (Wildman–Crippen MR) is 106 cm³/mol. The fourth-order valence-electron chi connectivity index (χ4n) is 2.34. The number of anilines is 1. The Morgan fingerprint density at radius 2 is 1.76 bits per heavy atom. The number of ether oxygens (including phenoxy) is 3. The van der Waals surface area contributed by atoms with E-state index in [4.69, 9.17) is 37.4 Å². The van der Waals surface area contributed by atoms with E-state index in [0.717, 1.165) is 12.1 Å². The van der Waals surface area contributed by atoms with Gasteiger partial charge in [-0.2, -0.15) is 0 Å². The summed E-state index contributed by atoms with van der Waals surface area (Å²) in [6, 6.07) is 5.36. The van der Waals surface area contributed by atoms with Gasteiger partial charge in [0.2, 0.25) is 0 Å². The standard InChI is InChI=1S/C18H16Cl2N2O7/c1-9-4-5-11(19)17(16(9)20)21-15(23)8-29-18(24)10-6-13(27-2)14(28-3)7-12(10)22(25)26/h4-7H,8H2,1-3H3,(H,21,23). The van der Waals surface area contributed by atoms with Gasteiger partial charge in [0.25, 0.3) is 11.6 Å². The van der Waals surface area contributed by atoms with Crippen LogP contribution in [0.5, 0.6) is 11.5 Å². The Kier molecular flexibility index (Phi) is 7.24. The number of rotatable bonds is 7. The summed E-state index contributed by atoms with van der Waals surface area (Å²) in [6.45, 7) is 1.01. The number of methoxy groups -OCH3 is 2. The third-order valence-corrected chi connectivity index (χ3v) is 4.60. The molecule has 154 valence electrons. The Labute approximate surface area is 175 Å². The maximum atomic E-state index is 12.3. The van der Waals surface area contributed by atoms with Crippen LogP contribution in [0, 0.1) is 17.0 Å². The number of nitrogens with one attached hydrogen (secondary N) is 1. The van der Waals surface area contributed by atoms with Crippen LogP contribution < -0.4 is 14.8 Å². The van der Waals surface area contributed by atoms with Gasteiger partial charge in [0.15, 0.2) is 18.1 Å². The molecule has 1 N–H and O–H groups in total. The molecular weight excluding hydrogens is 427 g/mol. The van der Waals surface area contributed by atoms with Gasteiger partial charge >= 0.3 is 5.97 Å². The summed E-state index contributed by atoms with van der Waals surface area (Å²) in [4.78, 5) is 34.9. The highest BCUT2D eigenvalue weighted by atomic mass is 35.5. The Balaban J connectivity index is 2.18. The van der Waals surface area contributed by atoms with E-state index in [1.807, 2.05) is 0 Å². The molecular formula is C18H16Cl2N2O7. The average molecular weight is 443 g/mol. The predicted octanol–water partition coefficient (Wildman–Crippen LogP) is 4.02. The lowest BCUT2D eigenvalue weighted by atomic mass is 10.1. The Morgan fingerprint density at radius 1 is 1.14 bits per heavy atom. The number of nitrogens with zero attached hydrogens (tertiary/aromatic N) is 1. The summed E-state index contributed by atoms with van der Waals surface area (Å²) in [7, 11) is 2.60. The van der Waals surface area contributed by atoms with Gasteiger partial charge in [-0.25, -0.2) is 4.79 Å². The number of aryl methyl sites for hydroxylation is 1. The molecule has 9 nitrogen and oxygen atoms in total. The van der Waals surface area contributed by atoms with Gasteiger partial charge in [0, 0.05) is 6.07 Å². The van der Waals surface area contributed by atoms with Gasteiger partial charge < -0.3 is 19.5 Å². The molecule has 0 spiro atoms. The smallest absolute Gasteiger partial charge is 0.345 e. The minimum atomic E-state index is -1.09. The van der Waals surface area contributed by atoms with Crippen molar-refractivity contribution in [1.29, 1.82) is 0 Å². The van der Waals surface area contributed by atoms with Crippen LogP contribution in [-0.4, -0.2) is 37.6 Å². The fourth-order valence-corrected chi connectivity index (χ4v) is 2.80. The summed E-state index contributed by atoms with van der Waals surface area (Å²) in [5, 5.41) is 14.2. The molecule has 0 radical (unpaired) electrons. The van der Waals surface area contributed by atoms with Crippen molar-refractivity contribution in [2.24, 2.45) is 0 Å². The van der Waals surface area contributed by atoms with Gasteiger partial charge in [-0.15, -0.1) is 0 Å². The van der Waals surface area contributed by atoms with Crippen molar-refractivity contribution in [2.75, 3.05) is 26.1 Å². The molecule has 0 atom stereocenters. The monoisotopic (exact) mass is 442 g/mol. The molecule has 2 rings (SSSR count). The number of hydrogen-bond donors (Lipinski definition) is 1. The largest absolute Gasteiger partial charge is 0.493 e. The van der Waals surface area contributed by atoms with Crippen molar-refractivity contribution in [2.45, 2.75) is 6.92 Å². The third-order valence-electron chi connectivity index (χ3n) is 3.80. The van der Waals surface area contributed by atoms with Crippen molar-refractivity contribution in [3.63, 3.8) is 0 Å². The first-order chi connectivity index (χ1) is 13.7. The molecule has 2 aromatic rings. The summed E-state index contributed by atoms with van der Waals surface area (Å²) >= 11 is 12.1. The second-order valence-corrected chi connectivity index (χ2v) is 6.44. The number of esters is 1. The number of nitro groups is 1. The van der Waals surface area contributed by atoms with Crippen molar-refractivity contribution in [3.05, 3.63) is 55.6 Å². The summed E-state index contributed by atoms with van der Waals surface area (Å²) < 4.78 is 14.9. The zero-order chi connectivity index (χ0) is 21.7. The summed E-state index contributed by atoms with van der Waals surface area (Å²) in [5.41, 5.74) is -0.0966. The highest BCUT2D eigenvalue weighted by Gasteiger charge is 2.26. The Bertz CT molecular complexity index is 979. The minimum absolute atomic E-state index is 0.0669. The molecule has 0 aromatic heterocycles. The van der Waals surface area contributed by atoms with Gasteiger partial charge in [-0.05, 0) is 18.6 Å². The molecule has 0 fully saturated rings. The molecule has 2 aromatic carbocycles. The van der Waals surface area contributed by atoms with Crippen molar-refractivity contribution in [1.82, 2.24) is 0 Å². The second kappa shape index (κ2) is 9.44. The van der Waals surface area contributed by atoms with E-state index in [-0.39, 0.29) is 27.2 Å². The zero-order valence-electron chi connectivity index (χ0n) is 15.6. The summed E-state index contributed by atoms with van der Waals surface area (Å²) in [5.74, 6) is -1.66. The van der Waals surface area contributed by atoms with E-state index in [1.165, 1.54) is 14.2 Å². The molecule has 29 heavy (non-hydrogen) atoms. The van der Waals surface area contributed by atoms with Gasteiger partial charge in [0.1, 0.15) is 5.56 Å². The normalized spacial score (nSPS) is 10.2. The van der Waals surface area contributed by atoms with E-state index in [1.54, 1.807) is 19.1 Å². The quantitative estimate of drug-likeness (QED) is 0.390. The minimum Gasteiger partial charge on any atom is -0.493 e. The molecule has 0 unspecified atom stereocenters. The van der Waals surface area contributed by atoms with Crippen LogP contribution in [0.4, 0.5) is 11.4 Å². The number of halogens is 2. The molecule has 0 heterocycles. The van der Waals surface area contributed by atoms with Gasteiger partial charge in [-0.1, -0.05) is 29.3 Å². The van der Waals surface area contributed by atoms with Crippen LogP contribution in [-0.2, 0) is 9.53 Å². The number of amides is 1. The molecule has 0 bridgehead atoms. The maximum Gasteiger partial charge on any atom is 0.345 e. The lowest BCUT2D eigenvalue weighted by Crippen LogP contribution is -2.22. The fraction of sp³-hybridized carbons (Fsp3) is 0.222. The van der Waals surface area contributed by atoms with E-state index >= 15 is 0 Å². The number of benzene rings is 2. The lowest BCUT2D eigenvalue weighted by molar-refractivity contribution is -0.385. The second-order valence-electron chi connectivity index (χ2n) is 5.66. The van der Waals surface area contributed by atoms with Gasteiger partial charge in [-0.3, -0.25) is 14.9 Å². The molecule has 0 aliphatic rings. The van der Waals surface area contributed by atoms with Crippen LogP contribution in [0.15, 0.2) is 24.3 Å². The van der Waals surface area contributed by atoms with Crippen molar-refractivity contribution < 1.29 is 28.7 Å². The highest BCUT2D eigenvalue weighted by molar-refractivity contribution is 6.40. The Morgan fingerprint density at radius 3 is 2.34 bits per heavy atom. The van der Waals surface area contributed by atoms with E-state index in [0.29, 0.717) is 5.56 Å². The third kappa shape index (κ3) is 5.07. The first-order valence-electron chi connectivity index (χ1n) is 8.01.